The molecule has 0 unspecified atom stereocenters. The molecule has 0 aliphatic carbocycles. The van der Waals surface area contributed by atoms with Crippen LogP contribution in [0.3, 0.4) is 0 Å². The molecule has 0 aliphatic rings. The average Bonchev–Trinajstić information content (AvgIpc) is 2.30. The van der Waals surface area contributed by atoms with Crippen molar-refractivity contribution in [1.82, 2.24) is 0 Å². The first-order chi connectivity index (χ1) is 7.76. The summed E-state index contributed by atoms with van der Waals surface area (Å²) in [6.45, 7) is 0.794. The summed E-state index contributed by atoms with van der Waals surface area (Å²) in [6.07, 6.45) is 0.124. The molecule has 1 amide bonds. The molecule has 0 atom stereocenters. The fourth-order valence-electron chi connectivity index (χ4n) is 1.03. The largest absolute Gasteiger partial charge is 0.449 e. The smallest absolute Gasteiger partial charge is 0.411 e. The molecule has 0 saturated heterocycles. The Bertz CT molecular complexity index is 381. The van der Waals surface area contributed by atoms with Crippen LogP contribution in [0.15, 0.2) is 24.3 Å². The third-order valence-corrected chi connectivity index (χ3v) is 1.84. The standard InChI is InChI=1S/C11H13N3O2/c12-6-1-7-16-11(15)14-10-4-2-9(8-13)3-5-10/h2-5H,1,6-7,12H2,(H,14,15). The Labute approximate surface area is 93.8 Å². The zero-order chi connectivity index (χ0) is 11.8. The molecule has 3 N–H and O–H groups in total. The lowest BCUT2D eigenvalue weighted by molar-refractivity contribution is 0.161. The Morgan fingerprint density at radius 3 is 2.69 bits per heavy atom. The second-order valence-electron chi connectivity index (χ2n) is 3.09. The van der Waals surface area contributed by atoms with Crippen LogP contribution in [0.4, 0.5) is 10.5 Å². The van der Waals surface area contributed by atoms with Crippen LogP contribution in [0.5, 0.6) is 0 Å². The van der Waals surface area contributed by atoms with Gasteiger partial charge in [-0.2, -0.15) is 5.26 Å². The summed E-state index contributed by atoms with van der Waals surface area (Å²) in [5.41, 5.74) is 6.39. The number of nitrogens with one attached hydrogen (secondary N) is 1. The van der Waals surface area contributed by atoms with Crippen molar-refractivity contribution >= 4 is 11.8 Å². The van der Waals surface area contributed by atoms with Gasteiger partial charge in [-0.25, -0.2) is 4.79 Å². The van der Waals surface area contributed by atoms with Crippen molar-refractivity contribution in [3.05, 3.63) is 29.8 Å². The highest BCUT2D eigenvalue weighted by Crippen LogP contribution is 2.08. The Balaban J connectivity index is 2.41. The number of amides is 1. The molecule has 0 radical (unpaired) electrons. The van der Waals surface area contributed by atoms with E-state index < -0.39 is 6.09 Å². The van der Waals surface area contributed by atoms with Gasteiger partial charge in [-0.3, -0.25) is 5.32 Å². The van der Waals surface area contributed by atoms with E-state index in [-0.39, 0.29) is 0 Å². The highest BCUT2D eigenvalue weighted by atomic mass is 16.5. The molecule has 0 aliphatic heterocycles. The molecule has 0 heterocycles. The quantitative estimate of drug-likeness (QED) is 0.750. The van der Waals surface area contributed by atoms with Gasteiger partial charge in [-0.05, 0) is 37.2 Å². The second-order valence-corrected chi connectivity index (χ2v) is 3.09. The molecule has 1 rings (SSSR count). The second kappa shape index (κ2) is 6.43. The zero-order valence-electron chi connectivity index (χ0n) is 8.77. The number of carbonyl (C=O) groups excluding carboxylic acids is 1. The number of nitrogens with zero attached hydrogens (tertiary/aromatic N) is 1. The molecule has 0 bridgehead atoms. The number of benzene rings is 1. The lowest BCUT2D eigenvalue weighted by Crippen LogP contribution is -2.15. The molecule has 84 valence electrons. The van der Waals surface area contributed by atoms with E-state index in [0.29, 0.717) is 30.8 Å². The topological polar surface area (TPSA) is 88.1 Å². The number of ether oxygens (including phenoxy) is 1. The van der Waals surface area contributed by atoms with E-state index >= 15 is 0 Å². The number of rotatable bonds is 4. The van der Waals surface area contributed by atoms with E-state index in [1.165, 1.54) is 0 Å². The Kier molecular flexibility index (Phi) is 4.83. The van der Waals surface area contributed by atoms with Gasteiger partial charge < -0.3 is 10.5 Å². The van der Waals surface area contributed by atoms with Crippen LogP contribution in [0, 0.1) is 11.3 Å². The van der Waals surface area contributed by atoms with Gasteiger partial charge in [0.1, 0.15) is 0 Å². The Hall–Kier alpha value is -2.06. The summed E-state index contributed by atoms with van der Waals surface area (Å²) >= 11 is 0. The predicted octanol–water partition coefficient (Wildman–Crippen LogP) is 1.46. The fourth-order valence-corrected chi connectivity index (χ4v) is 1.03. The first-order valence-corrected chi connectivity index (χ1v) is 4.90. The minimum atomic E-state index is -0.516. The van der Waals surface area contributed by atoms with Gasteiger partial charge in [0, 0.05) is 5.69 Å². The Morgan fingerprint density at radius 1 is 1.44 bits per heavy atom. The van der Waals surface area contributed by atoms with Crippen molar-refractivity contribution in [3.8, 4) is 6.07 Å². The SMILES string of the molecule is N#Cc1ccc(NC(=O)OCCCN)cc1. The number of hydrogen-bond acceptors (Lipinski definition) is 4. The van der Waals surface area contributed by atoms with Crippen LogP contribution in [-0.4, -0.2) is 19.2 Å². The van der Waals surface area contributed by atoms with E-state index in [0.717, 1.165) is 0 Å². The zero-order valence-corrected chi connectivity index (χ0v) is 8.77. The third kappa shape index (κ3) is 3.98. The fraction of sp³-hybridized carbons (Fsp3) is 0.273. The first kappa shape index (κ1) is 12.0. The summed E-state index contributed by atoms with van der Waals surface area (Å²) in [6, 6.07) is 8.52. The van der Waals surface area contributed by atoms with E-state index in [1.807, 2.05) is 6.07 Å². The van der Waals surface area contributed by atoms with Gasteiger partial charge in [0.2, 0.25) is 0 Å². The van der Waals surface area contributed by atoms with Gasteiger partial charge in [0.25, 0.3) is 0 Å². The molecule has 0 spiro atoms. The van der Waals surface area contributed by atoms with Gasteiger partial charge >= 0.3 is 6.09 Å². The van der Waals surface area contributed by atoms with Crippen LogP contribution in [0.1, 0.15) is 12.0 Å². The van der Waals surface area contributed by atoms with Crippen LogP contribution in [0.25, 0.3) is 0 Å². The molecular weight excluding hydrogens is 206 g/mol. The van der Waals surface area contributed by atoms with Crippen LogP contribution in [0.2, 0.25) is 0 Å². The summed E-state index contributed by atoms with van der Waals surface area (Å²) < 4.78 is 4.85. The van der Waals surface area contributed by atoms with E-state index in [9.17, 15) is 4.79 Å². The number of nitriles is 1. The van der Waals surface area contributed by atoms with Crippen molar-refractivity contribution in [2.24, 2.45) is 5.73 Å². The average molecular weight is 219 g/mol. The maximum Gasteiger partial charge on any atom is 0.411 e. The molecule has 0 saturated carbocycles. The van der Waals surface area contributed by atoms with Crippen LogP contribution >= 0.6 is 0 Å². The van der Waals surface area contributed by atoms with Gasteiger partial charge in [0.15, 0.2) is 0 Å². The molecule has 0 fully saturated rings. The summed E-state index contributed by atoms with van der Waals surface area (Å²) in [5.74, 6) is 0. The van der Waals surface area contributed by atoms with Crippen LogP contribution in [-0.2, 0) is 4.74 Å². The third-order valence-electron chi connectivity index (χ3n) is 1.84. The van der Waals surface area contributed by atoms with E-state index in [4.69, 9.17) is 15.7 Å². The van der Waals surface area contributed by atoms with Gasteiger partial charge in [-0.15, -0.1) is 0 Å². The summed E-state index contributed by atoms with van der Waals surface area (Å²) in [7, 11) is 0. The lowest BCUT2D eigenvalue weighted by Gasteiger charge is -2.05. The molecule has 1 aromatic rings. The number of hydrogen-bond donors (Lipinski definition) is 2. The van der Waals surface area contributed by atoms with Crippen molar-refractivity contribution in [2.45, 2.75) is 6.42 Å². The molecule has 0 aromatic heterocycles. The maximum absolute atomic E-state index is 11.2. The summed E-state index contributed by atoms with van der Waals surface area (Å²) in [4.78, 5) is 11.2. The summed E-state index contributed by atoms with van der Waals surface area (Å²) in [5, 5.41) is 11.1. The Morgan fingerprint density at radius 2 is 2.12 bits per heavy atom. The van der Waals surface area contributed by atoms with Crippen LogP contribution < -0.4 is 11.1 Å². The molecule has 5 nitrogen and oxygen atoms in total. The molecular formula is C11H13N3O2. The number of nitrogens with two attached hydrogens (primary N) is 1. The lowest BCUT2D eigenvalue weighted by atomic mass is 10.2. The van der Waals surface area contributed by atoms with Gasteiger partial charge in [-0.1, -0.05) is 0 Å². The van der Waals surface area contributed by atoms with Crippen molar-refractivity contribution < 1.29 is 9.53 Å². The molecule has 5 heteroatoms. The molecule has 1 aromatic carbocycles. The number of carbonyl (C=O) groups is 1. The predicted molar refractivity (Wildman–Crippen MR) is 59.8 cm³/mol. The van der Waals surface area contributed by atoms with Crippen molar-refractivity contribution in [1.29, 1.82) is 5.26 Å². The highest BCUT2D eigenvalue weighted by molar-refractivity contribution is 5.84. The minimum absolute atomic E-state index is 0.304. The highest BCUT2D eigenvalue weighted by Gasteiger charge is 2.02. The monoisotopic (exact) mass is 219 g/mol. The molecule has 16 heavy (non-hydrogen) atoms. The van der Waals surface area contributed by atoms with E-state index in [1.54, 1.807) is 24.3 Å². The number of anilines is 1. The van der Waals surface area contributed by atoms with Gasteiger partial charge in [0.05, 0.1) is 18.2 Å². The first-order valence-electron chi connectivity index (χ1n) is 4.90. The van der Waals surface area contributed by atoms with Crippen molar-refractivity contribution in [3.63, 3.8) is 0 Å². The van der Waals surface area contributed by atoms with Crippen molar-refractivity contribution in [2.75, 3.05) is 18.5 Å². The minimum Gasteiger partial charge on any atom is -0.449 e. The van der Waals surface area contributed by atoms with E-state index in [2.05, 4.69) is 5.32 Å². The maximum atomic E-state index is 11.2. The normalized spacial score (nSPS) is 9.25.